The highest BCUT2D eigenvalue weighted by Crippen LogP contribution is 2.34. The second-order valence-electron chi connectivity index (χ2n) is 6.98. The molecule has 156 valence electrons. The number of carbonyl (C=O) groups excluding carboxylic acids is 1. The largest absolute Gasteiger partial charge is 0.325 e. The number of anilines is 1. The summed E-state index contributed by atoms with van der Waals surface area (Å²) in [6, 6.07) is 5.66. The van der Waals surface area contributed by atoms with Gasteiger partial charge in [-0.05, 0) is 50.3 Å². The third kappa shape index (κ3) is 3.97. The standard InChI is InChI=1S/C20H20N4O4S2/c1-2-23-19(26)17-14-5-3-4-6-15(14)30-18(17)22-20(23)29-11-16(25)21-12-7-9-13(10-8-12)24(27)28/h7-10H,2-6,11H2,1H3,(H,21,25). The van der Waals surface area contributed by atoms with Crippen molar-refractivity contribution in [3.05, 3.63) is 55.2 Å². The van der Waals surface area contributed by atoms with Gasteiger partial charge in [0.25, 0.3) is 11.2 Å². The molecule has 10 heteroatoms. The molecule has 2 aromatic heterocycles. The summed E-state index contributed by atoms with van der Waals surface area (Å²) in [5.41, 5.74) is 1.58. The van der Waals surface area contributed by atoms with Crippen molar-refractivity contribution in [1.29, 1.82) is 0 Å². The number of hydrogen-bond donors (Lipinski definition) is 1. The maximum atomic E-state index is 13.1. The number of nitrogens with one attached hydrogen (secondary N) is 1. The maximum absolute atomic E-state index is 13.1. The molecule has 0 bridgehead atoms. The van der Waals surface area contributed by atoms with Crippen molar-refractivity contribution < 1.29 is 9.72 Å². The number of nitrogens with zero attached hydrogens (tertiary/aromatic N) is 3. The number of aryl methyl sites for hydroxylation is 2. The Labute approximate surface area is 180 Å². The molecule has 1 aromatic carbocycles. The maximum Gasteiger partial charge on any atom is 0.269 e. The molecule has 0 spiro atoms. The van der Waals surface area contributed by atoms with E-state index in [2.05, 4.69) is 5.32 Å². The molecule has 0 saturated heterocycles. The van der Waals surface area contributed by atoms with Gasteiger partial charge in [-0.3, -0.25) is 24.3 Å². The monoisotopic (exact) mass is 444 g/mol. The zero-order valence-corrected chi connectivity index (χ0v) is 18.0. The minimum absolute atomic E-state index is 0.0276. The van der Waals surface area contributed by atoms with Crippen LogP contribution in [0.1, 0.15) is 30.2 Å². The molecule has 1 N–H and O–H groups in total. The summed E-state index contributed by atoms with van der Waals surface area (Å²) < 4.78 is 1.63. The zero-order chi connectivity index (χ0) is 21.3. The van der Waals surface area contributed by atoms with Gasteiger partial charge in [0, 0.05) is 29.2 Å². The van der Waals surface area contributed by atoms with E-state index >= 15 is 0 Å². The summed E-state index contributed by atoms with van der Waals surface area (Å²) in [6.45, 7) is 2.38. The Bertz CT molecular complexity index is 1180. The van der Waals surface area contributed by atoms with E-state index in [4.69, 9.17) is 4.98 Å². The van der Waals surface area contributed by atoms with Gasteiger partial charge < -0.3 is 5.32 Å². The molecule has 1 amide bonds. The molecule has 1 aliphatic carbocycles. The van der Waals surface area contributed by atoms with Crippen LogP contribution in [0.2, 0.25) is 0 Å². The first-order valence-electron chi connectivity index (χ1n) is 9.70. The van der Waals surface area contributed by atoms with E-state index in [9.17, 15) is 19.7 Å². The minimum Gasteiger partial charge on any atom is -0.325 e. The summed E-state index contributed by atoms with van der Waals surface area (Å²) in [6.07, 6.45) is 4.18. The quantitative estimate of drug-likeness (QED) is 0.267. The van der Waals surface area contributed by atoms with Crippen LogP contribution in [0.5, 0.6) is 0 Å². The fourth-order valence-electron chi connectivity index (χ4n) is 3.60. The van der Waals surface area contributed by atoms with Gasteiger partial charge in [0.15, 0.2) is 5.16 Å². The van der Waals surface area contributed by atoms with Crippen molar-refractivity contribution in [2.75, 3.05) is 11.1 Å². The highest BCUT2D eigenvalue weighted by molar-refractivity contribution is 7.99. The number of thioether (sulfide) groups is 1. The predicted octanol–water partition coefficient (Wildman–Crippen LogP) is 4.00. The third-order valence-electron chi connectivity index (χ3n) is 5.05. The van der Waals surface area contributed by atoms with E-state index in [0.717, 1.165) is 41.5 Å². The molecule has 0 unspecified atom stereocenters. The normalized spacial score (nSPS) is 13.2. The highest BCUT2D eigenvalue weighted by atomic mass is 32.2. The SMILES string of the molecule is CCn1c(SCC(=O)Nc2ccc([N+](=O)[O-])cc2)nc2sc3c(c2c1=O)CCCC3. The Hall–Kier alpha value is -2.72. The van der Waals surface area contributed by atoms with Crippen LogP contribution < -0.4 is 10.9 Å². The second-order valence-corrected chi connectivity index (χ2v) is 9.00. The molecule has 4 rings (SSSR count). The van der Waals surface area contributed by atoms with E-state index < -0.39 is 4.92 Å². The Morgan fingerprint density at radius 1 is 1.30 bits per heavy atom. The molecule has 30 heavy (non-hydrogen) atoms. The Morgan fingerprint density at radius 3 is 2.73 bits per heavy atom. The first-order valence-corrected chi connectivity index (χ1v) is 11.5. The average Bonchev–Trinajstić information content (AvgIpc) is 3.11. The molecule has 2 heterocycles. The molecular formula is C20H20N4O4S2. The van der Waals surface area contributed by atoms with Crippen LogP contribution in [-0.2, 0) is 24.2 Å². The number of thiophene rings is 1. The predicted molar refractivity (Wildman–Crippen MR) is 119 cm³/mol. The topological polar surface area (TPSA) is 107 Å². The van der Waals surface area contributed by atoms with E-state index in [1.165, 1.54) is 40.9 Å². The lowest BCUT2D eigenvalue weighted by atomic mass is 9.97. The second kappa shape index (κ2) is 8.57. The number of amides is 1. The lowest BCUT2D eigenvalue weighted by Gasteiger charge is -2.12. The van der Waals surface area contributed by atoms with Crippen LogP contribution >= 0.6 is 23.1 Å². The van der Waals surface area contributed by atoms with Crippen molar-refractivity contribution in [2.45, 2.75) is 44.3 Å². The van der Waals surface area contributed by atoms with Gasteiger partial charge in [-0.1, -0.05) is 11.8 Å². The molecule has 1 aliphatic rings. The number of nitro benzene ring substituents is 1. The summed E-state index contributed by atoms with van der Waals surface area (Å²) >= 11 is 2.81. The smallest absolute Gasteiger partial charge is 0.269 e. The number of hydrogen-bond acceptors (Lipinski definition) is 7. The van der Waals surface area contributed by atoms with E-state index in [1.54, 1.807) is 15.9 Å². The zero-order valence-electron chi connectivity index (χ0n) is 16.3. The van der Waals surface area contributed by atoms with Gasteiger partial charge in [0.2, 0.25) is 5.91 Å². The lowest BCUT2D eigenvalue weighted by Crippen LogP contribution is -2.24. The summed E-state index contributed by atoms with van der Waals surface area (Å²) in [5, 5.41) is 14.7. The first kappa shape index (κ1) is 20.5. The molecular weight excluding hydrogens is 424 g/mol. The number of benzene rings is 1. The van der Waals surface area contributed by atoms with Crippen LogP contribution in [0.15, 0.2) is 34.2 Å². The van der Waals surface area contributed by atoms with Crippen molar-refractivity contribution in [3.63, 3.8) is 0 Å². The van der Waals surface area contributed by atoms with Crippen molar-refractivity contribution in [1.82, 2.24) is 9.55 Å². The van der Waals surface area contributed by atoms with Crippen LogP contribution in [0.25, 0.3) is 10.2 Å². The average molecular weight is 445 g/mol. The van der Waals surface area contributed by atoms with Crippen LogP contribution in [0, 0.1) is 10.1 Å². The van der Waals surface area contributed by atoms with Gasteiger partial charge in [0.1, 0.15) is 4.83 Å². The Kier molecular flexibility index (Phi) is 5.87. The van der Waals surface area contributed by atoms with Crippen LogP contribution in [0.3, 0.4) is 0 Å². The van der Waals surface area contributed by atoms with E-state index in [-0.39, 0.29) is 22.9 Å². The third-order valence-corrected chi connectivity index (χ3v) is 7.21. The van der Waals surface area contributed by atoms with Gasteiger partial charge >= 0.3 is 0 Å². The number of fused-ring (bicyclic) bond motifs is 3. The number of carbonyl (C=O) groups is 1. The lowest BCUT2D eigenvalue weighted by molar-refractivity contribution is -0.384. The first-order chi connectivity index (χ1) is 14.5. The summed E-state index contributed by atoms with van der Waals surface area (Å²) in [4.78, 5) is 42.4. The molecule has 0 radical (unpaired) electrons. The number of nitro groups is 1. The van der Waals surface area contributed by atoms with Crippen molar-refractivity contribution in [3.8, 4) is 0 Å². The van der Waals surface area contributed by atoms with E-state index in [1.807, 2.05) is 6.92 Å². The van der Waals surface area contributed by atoms with Crippen molar-refractivity contribution >= 4 is 50.6 Å². The number of non-ortho nitro benzene ring substituents is 1. The van der Waals surface area contributed by atoms with Crippen molar-refractivity contribution in [2.24, 2.45) is 0 Å². The highest BCUT2D eigenvalue weighted by Gasteiger charge is 2.22. The molecule has 0 saturated carbocycles. The Morgan fingerprint density at radius 2 is 2.03 bits per heavy atom. The minimum atomic E-state index is -0.490. The molecule has 8 nitrogen and oxygen atoms in total. The van der Waals surface area contributed by atoms with E-state index in [0.29, 0.717) is 17.4 Å². The fourth-order valence-corrected chi connectivity index (χ4v) is 5.77. The van der Waals surface area contributed by atoms with Crippen LogP contribution in [0.4, 0.5) is 11.4 Å². The number of aromatic nitrogens is 2. The molecule has 0 atom stereocenters. The molecule has 3 aromatic rings. The number of rotatable bonds is 6. The Balaban J connectivity index is 1.52. The summed E-state index contributed by atoms with van der Waals surface area (Å²) in [7, 11) is 0. The van der Waals surface area contributed by atoms with Gasteiger partial charge in [-0.2, -0.15) is 0 Å². The van der Waals surface area contributed by atoms with Gasteiger partial charge in [0.05, 0.1) is 16.1 Å². The summed E-state index contributed by atoms with van der Waals surface area (Å²) in [5.74, 6) is -0.184. The van der Waals surface area contributed by atoms with Crippen LogP contribution in [-0.4, -0.2) is 26.1 Å². The molecule has 0 aliphatic heterocycles. The fraction of sp³-hybridized carbons (Fsp3) is 0.350. The molecule has 0 fully saturated rings. The van der Waals surface area contributed by atoms with Gasteiger partial charge in [-0.15, -0.1) is 11.3 Å². The van der Waals surface area contributed by atoms with Gasteiger partial charge in [-0.25, -0.2) is 4.98 Å².